The molecule has 0 saturated carbocycles. The zero-order valence-corrected chi connectivity index (χ0v) is 30.9. The molecule has 0 bridgehead atoms. The van der Waals surface area contributed by atoms with Gasteiger partial charge in [0.2, 0.25) is 0 Å². The van der Waals surface area contributed by atoms with E-state index in [0.717, 1.165) is 22.7 Å². The van der Waals surface area contributed by atoms with Crippen LogP contribution in [0.5, 0.6) is 0 Å². The largest absolute Gasteiger partial charge is 0.310 e. The number of anilines is 3. The van der Waals surface area contributed by atoms with Gasteiger partial charge in [-0.15, -0.1) is 0 Å². The van der Waals surface area contributed by atoms with Gasteiger partial charge in [0.25, 0.3) is 0 Å². The molecule has 1 aliphatic carbocycles. The summed E-state index contributed by atoms with van der Waals surface area (Å²) in [6, 6.07) is 71.6. The topological polar surface area (TPSA) is 8.17 Å². The lowest BCUT2D eigenvalue weighted by Gasteiger charge is -2.30. The first-order chi connectivity index (χ1) is 27.1. The van der Waals surface area contributed by atoms with Crippen molar-refractivity contribution >= 4 is 60.4 Å². The second-order valence-electron chi connectivity index (χ2n) is 15.3. The van der Waals surface area contributed by atoms with Crippen molar-refractivity contribution in [2.24, 2.45) is 0 Å². The maximum atomic E-state index is 2.50. The van der Waals surface area contributed by atoms with Gasteiger partial charge >= 0.3 is 0 Å². The van der Waals surface area contributed by atoms with E-state index in [1.165, 1.54) is 76.7 Å². The minimum atomic E-state index is -0.0806. The molecule has 2 heteroatoms. The minimum Gasteiger partial charge on any atom is -0.310 e. The predicted octanol–water partition coefficient (Wildman–Crippen LogP) is 14.5. The summed E-state index contributed by atoms with van der Waals surface area (Å²) < 4.78 is 2.42. The van der Waals surface area contributed by atoms with E-state index in [1.54, 1.807) is 0 Å². The Morgan fingerprint density at radius 2 is 0.964 bits per heavy atom. The summed E-state index contributed by atoms with van der Waals surface area (Å²) >= 11 is 0. The molecule has 1 aliphatic rings. The van der Waals surface area contributed by atoms with Crippen LogP contribution in [-0.4, -0.2) is 4.57 Å². The van der Waals surface area contributed by atoms with Crippen LogP contribution in [0.25, 0.3) is 71.3 Å². The van der Waals surface area contributed by atoms with Crippen molar-refractivity contribution in [2.75, 3.05) is 4.90 Å². The van der Waals surface area contributed by atoms with Crippen molar-refractivity contribution < 1.29 is 0 Å². The molecule has 0 radical (unpaired) electrons. The molecule has 10 aromatic rings. The first kappa shape index (κ1) is 31.6. The van der Waals surface area contributed by atoms with Gasteiger partial charge in [0.1, 0.15) is 0 Å². The molecule has 260 valence electrons. The average Bonchev–Trinajstić information content (AvgIpc) is 3.69. The SMILES string of the molecule is CC1(C)c2ccccc2-c2cc(N(c3cccc(-n4c5ccccc5c5ccccc54)c3)c3ccc4ccccc4c3-c3cccc4ccccc34)ccc21. The van der Waals surface area contributed by atoms with Crippen LogP contribution in [0.4, 0.5) is 17.1 Å². The second kappa shape index (κ2) is 12.1. The molecular weight excluding hydrogens is 665 g/mol. The van der Waals surface area contributed by atoms with Gasteiger partial charge < -0.3 is 9.47 Å². The minimum absolute atomic E-state index is 0.0806. The highest BCUT2D eigenvalue weighted by Crippen LogP contribution is 2.52. The lowest BCUT2D eigenvalue weighted by Crippen LogP contribution is -2.15. The Labute approximate surface area is 321 Å². The number of hydrogen-bond acceptors (Lipinski definition) is 1. The van der Waals surface area contributed by atoms with Crippen molar-refractivity contribution in [1.29, 1.82) is 0 Å². The van der Waals surface area contributed by atoms with Gasteiger partial charge in [-0.2, -0.15) is 0 Å². The molecule has 55 heavy (non-hydrogen) atoms. The van der Waals surface area contributed by atoms with Crippen LogP contribution in [0, 0.1) is 0 Å². The van der Waals surface area contributed by atoms with Gasteiger partial charge in [-0.1, -0.05) is 159 Å². The molecule has 2 nitrogen and oxygen atoms in total. The normalized spacial score (nSPS) is 13.1. The number of rotatable bonds is 5. The van der Waals surface area contributed by atoms with Gasteiger partial charge in [0.15, 0.2) is 0 Å². The van der Waals surface area contributed by atoms with E-state index in [-0.39, 0.29) is 5.41 Å². The molecule has 9 aromatic carbocycles. The summed E-state index contributed by atoms with van der Waals surface area (Å²) in [4.78, 5) is 2.50. The monoisotopic (exact) mass is 702 g/mol. The molecule has 1 aromatic heterocycles. The van der Waals surface area contributed by atoms with E-state index in [1.807, 2.05) is 0 Å². The fraction of sp³-hybridized carbons (Fsp3) is 0.0566. The highest BCUT2D eigenvalue weighted by atomic mass is 15.1. The van der Waals surface area contributed by atoms with Gasteiger partial charge in [-0.25, -0.2) is 0 Å². The Morgan fingerprint density at radius 1 is 0.400 bits per heavy atom. The third kappa shape index (κ3) is 4.74. The predicted molar refractivity (Wildman–Crippen MR) is 233 cm³/mol. The summed E-state index contributed by atoms with van der Waals surface area (Å²) in [6.45, 7) is 4.71. The highest BCUT2D eigenvalue weighted by Gasteiger charge is 2.36. The van der Waals surface area contributed by atoms with E-state index < -0.39 is 0 Å². The molecule has 0 amide bonds. The molecule has 0 unspecified atom stereocenters. The molecule has 0 aliphatic heterocycles. The Bertz CT molecular complexity index is 3090. The highest BCUT2D eigenvalue weighted by molar-refractivity contribution is 6.12. The van der Waals surface area contributed by atoms with Gasteiger partial charge in [0.05, 0.1) is 16.7 Å². The standard InChI is InChI=1S/C53H38N2/c1-53(2)47-26-10-7-22-42(47)46-34-39(30-31-48(46)53)54(37-18-14-19-38(33-37)55-49-27-11-8-23-43(49)44-24-9-12-28-50(44)55)51-32-29-36-16-4-6-21-41(36)52(51)45-25-13-17-35-15-3-5-20-40(35)45/h3-34H,1-2H3. The van der Waals surface area contributed by atoms with Crippen molar-refractivity contribution in [3.8, 4) is 27.9 Å². The first-order valence-corrected chi connectivity index (χ1v) is 19.2. The fourth-order valence-electron chi connectivity index (χ4n) is 9.42. The number of aromatic nitrogens is 1. The summed E-state index contributed by atoms with van der Waals surface area (Å²) in [5.41, 5.74) is 14.6. The number of fused-ring (bicyclic) bond motifs is 8. The third-order valence-electron chi connectivity index (χ3n) is 12.0. The number of para-hydroxylation sites is 2. The zero-order chi connectivity index (χ0) is 36.7. The number of nitrogens with zero attached hydrogens (tertiary/aromatic N) is 2. The first-order valence-electron chi connectivity index (χ1n) is 19.2. The summed E-state index contributed by atoms with van der Waals surface area (Å²) in [5.74, 6) is 0. The molecule has 0 atom stereocenters. The van der Waals surface area contributed by atoms with E-state index in [9.17, 15) is 0 Å². The summed E-state index contributed by atoms with van der Waals surface area (Å²) in [6.07, 6.45) is 0. The van der Waals surface area contributed by atoms with Gasteiger partial charge in [0, 0.05) is 38.8 Å². The van der Waals surface area contributed by atoms with Crippen molar-refractivity contribution in [1.82, 2.24) is 4.57 Å². The summed E-state index contributed by atoms with van der Waals surface area (Å²) in [5, 5.41) is 7.44. The molecule has 0 saturated heterocycles. The second-order valence-corrected chi connectivity index (χ2v) is 15.3. The van der Waals surface area contributed by atoms with E-state index in [0.29, 0.717) is 0 Å². The number of hydrogen-bond donors (Lipinski definition) is 0. The van der Waals surface area contributed by atoms with Crippen LogP contribution in [0.2, 0.25) is 0 Å². The fourth-order valence-corrected chi connectivity index (χ4v) is 9.42. The lowest BCUT2D eigenvalue weighted by molar-refractivity contribution is 0.660. The van der Waals surface area contributed by atoms with Gasteiger partial charge in [-0.3, -0.25) is 0 Å². The van der Waals surface area contributed by atoms with Crippen LogP contribution in [-0.2, 0) is 5.41 Å². The Hall–Kier alpha value is -6.90. The summed E-state index contributed by atoms with van der Waals surface area (Å²) in [7, 11) is 0. The molecule has 0 fully saturated rings. The quantitative estimate of drug-likeness (QED) is 0.173. The Morgan fingerprint density at radius 3 is 1.75 bits per heavy atom. The third-order valence-corrected chi connectivity index (χ3v) is 12.0. The van der Waals surface area contributed by atoms with Crippen molar-refractivity contribution in [2.45, 2.75) is 19.3 Å². The van der Waals surface area contributed by atoms with Crippen LogP contribution in [0.3, 0.4) is 0 Å². The Balaban J connectivity index is 1.22. The Kier molecular flexibility index (Phi) is 6.93. The van der Waals surface area contributed by atoms with Crippen LogP contribution in [0.15, 0.2) is 194 Å². The number of benzene rings is 9. The van der Waals surface area contributed by atoms with E-state index in [4.69, 9.17) is 0 Å². The maximum absolute atomic E-state index is 2.50. The van der Waals surface area contributed by atoms with Crippen LogP contribution >= 0.6 is 0 Å². The molecule has 11 rings (SSSR count). The van der Waals surface area contributed by atoms with E-state index in [2.05, 4.69) is 217 Å². The van der Waals surface area contributed by atoms with Crippen molar-refractivity contribution in [3.63, 3.8) is 0 Å². The average molecular weight is 703 g/mol. The van der Waals surface area contributed by atoms with Crippen LogP contribution < -0.4 is 4.90 Å². The van der Waals surface area contributed by atoms with Crippen LogP contribution in [0.1, 0.15) is 25.0 Å². The maximum Gasteiger partial charge on any atom is 0.0546 e. The molecule has 0 spiro atoms. The molecule has 0 N–H and O–H groups in total. The lowest BCUT2D eigenvalue weighted by atomic mass is 9.82. The van der Waals surface area contributed by atoms with Crippen molar-refractivity contribution in [3.05, 3.63) is 205 Å². The molecular formula is C53H38N2. The van der Waals surface area contributed by atoms with Gasteiger partial charge in [-0.05, 0) is 97.9 Å². The van der Waals surface area contributed by atoms with E-state index >= 15 is 0 Å². The zero-order valence-electron chi connectivity index (χ0n) is 30.9. The molecule has 1 heterocycles. The smallest absolute Gasteiger partial charge is 0.0546 e.